The smallest absolute Gasteiger partial charge is 0.322 e. The second-order valence-corrected chi connectivity index (χ2v) is 13.0. The summed E-state index contributed by atoms with van der Waals surface area (Å²) >= 11 is 0. The van der Waals surface area contributed by atoms with E-state index in [-0.39, 0.29) is 21.9 Å². The number of nitrogens with one attached hydrogen (secondary N) is 2. The van der Waals surface area contributed by atoms with Crippen molar-refractivity contribution in [2.24, 2.45) is 5.41 Å². The van der Waals surface area contributed by atoms with Crippen LogP contribution in [0.2, 0.25) is 0 Å². The normalized spacial score (nSPS) is 11.5. The molecule has 0 radical (unpaired) electrons. The fourth-order valence-corrected chi connectivity index (χ4v) is 5.09. The zero-order chi connectivity index (χ0) is 31.3. The van der Waals surface area contributed by atoms with Crippen molar-refractivity contribution in [3.63, 3.8) is 0 Å². The molecule has 2 aromatic carbocycles. The highest BCUT2D eigenvalue weighted by Gasteiger charge is 2.25. The molecular weight excluding hydrogens is 560 g/mol. The number of sulfonamides is 1. The van der Waals surface area contributed by atoms with Crippen LogP contribution in [0.1, 0.15) is 95.0 Å². The lowest BCUT2D eigenvalue weighted by molar-refractivity contribution is -0.143. The molecule has 42 heavy (non-hydrogen) atoms. The summed E-state index contributed by atoms with van der Waals surface area (Å²) in [5.41, 5.74) is -0.432. The Morgan fingerprint density at radius 1 is 0.905 bits per heavy atom. The van der Waals surface area contributed by atoms with E-state index in [1.165, 1.54) is 62.4 Å². The maximum absolute atomic E-state index is 13.3. The van der Waals surface area contributed by atoms with Crippen LogP contribution < -0.4 is 19.5 Å². The minimum atomic E-state index is -4.17. The van der Waals surface area contributed by atoms with Gasteiger partial charge in [0.2, 0.25) is 0 Å². The first-order valence-corrected chi connectivity index (χ1v) is 15.9. The Morgan fingerprint density at radius 3 is 2.14 bits per heavy atom. The van der Waals surface area contributed by atoms with E-state index in [1.807, 2.05) is 0 Å². The van der Waals surface area contributed by atoms with E-state index in [4.69, 9.17) is 14.6 Å². The fraction of sp³-hybridized carbons (Fsp3) is 0.516. The average Bonchev–Trinajstić information content (AvgIpc) is 2.91. The van der Waals surface area contributed by atoms with Gasteiger partial charge in [-0.25, -0.2) is 8.42 Å². The van der Waals surface area contributed by atoms with Crippen LogP contribution in [0.4, 0.5) is 5.69 Å². The molecule has 0 bridgehead atoms. The third-order valence-corrected chi connectivity index (χ3v) is 7.78. The summed E-state index contributed by atoms with van der Waals surface area (Å²) in [7, 11) is -4.17. The van der Waals surface area contributed by atoms with Crippen LogP contribution in [-0.2, 0) is 19.6 Å². The number of carboxylic acids is 1. The Bertz CT molecular complexity index is 1330. The highest BCUT2D eigenvalue weighted by molar-refractivity contribution is 7.92. The number of aliphatic carboxylic acids is 1. The highest BCUT2D eigenvalue weighted by atomic mass is 32.2. The molecule has 2 rings (SSSR count). The monoisotopic (exact) mass is 604 g/mol. The minimum absolute atomic E-state index is 0.0433. The standard InChI is InChI=1S/C31H44N2O8S/c1-6-7-8-9-10-11-12-13-18-40-23-14-16-26(25(20-23)29(36)32-21-28(34)35)33-42(38,39)24-15-17-27(22(2)19-24)41-30(37)31(3,4)5/h14-17,19-20,33H,6-13,18,21H2,1-5H3,(H,32,36)(H,34,35). The lowest BCUT2D eigenvalue weighted by Crippen LogP contribution is -2.30. The predicted molar refractivity (Wildman–Crippen MR) is 162 cm³/mol. The third kappa shape index (κ3) is 11.3. The molecule has 3 N–H and O–H groups in total. The lowest BCUT2D eigenvalue weighted by atomic mass is 9.97. The summed E-state index contributed by atoms with van der Waals surface area (Å²) in [4.78, 5) is 36.0. The number of carbonyl (C=O) groups is 3. The molecule has 232 valence electrons. The SMILES string of the molecule is CCCCCCCCCCOc1ccc(NS(=O)(=O)c2ccc(OC(=O)C(C)(C)C)c(C)c2)c(C(=O)NCC(=O)O)c1. The third-order valence-electron chi connectivity index (χ3n) is 6.42. The van der Waals surface area contributed by atoms with Gasteiger partial charge >= 0.3 is 11.9 Å². The van der Waals surface area contributed by atoms with E-state index in [0.717, 1.165) is 19.3 Å². The summed E-state index contributed by atoms with van der Waals surface area (Å²) in [6.45, 7) is 8.74. The first-order valence-electron chi connectivity index (χ1n) is 14.4. The largest absolute Gasteiger partial charge is 0.494 e. The zero-order valence-electron chi connectivity index (χ0n) is 25.2. The maximum atomic E-state index is 13.3. The van der Waals surface area contributed by atoms with Crippen LogP contribution in [0.3, 0.4) is 0 Å². The number of rotatable bonds is 17. The van der Waals surface area contributed by atoms with Gasteiger partial charge in [0.1, 0.15) is 18.0 Å². The minimum Gasteiger partial charge on any atom is -0.494 e. The molecular formula is C31H44N2O8S. The molecule has 0 fully saturated rings. The highest BCUT2D eigenvalue weighted by Crippen LogP contribution is 2.28. The van der Waals surface area contributed by atoms with Gasteiger partial charge in [0, 0.05) is 0 Å². The lowest BCUT2D eigenvalue weighted by Gasteiger charge is -2.18. The van der Waals surface area contributed by atoms with Gasteiger partial charge in [-0.15, -0.1) is 0 Å². The van der Waals surface area contributed by atoms with Crippen LogP contribution >= 0.6 is 0 Å². The van der Waals surface area contributed by atoms with Gasteiger partial charge in [-0.3, -0.25) is 19.1 Å². The van der Waals surface area contributed by atoms with Crippen molar-refractivity contribution >= 4 is 33.6 Å². The van der Waals surface area contributed by atoms with E-state index in [0.29, 0.717) is 17.9 Å². The number of carbonyl (C=O) groups excluding carboxylic acids is 2. The van der Waals surface area contributed by atoms with Crippen molar-refractivity contribution in [1.82, 2.24) is 5.32 Å². The van der Waals surface area contributed by atoms with Crippen molar-refractivity contribution < 1.29 is 37.4 Å². The van der Waals surface area contributed by atoms with Crippen molar-refractivity contribution in [2.45, 2.75) is 90.9 Å². The number of unbranched alkanes of at least 4 members (excludes halogenated alkanes) is 7. The topological polar surface area (TPSA) is 148 Å². The molecule has 0 aromatic heterocycles. The zero-order valence-corrected chi connectivity index (χ0v) is 26.1. The Morgan fingerprint density at radius 2 is 1.55 bits per heavy atom. The predicted octanol–water partition coefficient (Wildman–Crippen LogP) is 6.08. The van der Waals surface area contributed by atoms with Gasteiger partial charge in [-0.1, -0.05) is 51.9 Å². The van der Waals surface area contributed by atoms with Crippen LogP contribution in [-0.4, -0.2) is 44.5 Å². The molecule has 2 aromatic rings. The quantitative estimate of drug-likeness (QED) is 0.112. The van der Waals surface area contributed by atoms with Crippen LogP contribution in [0, 0.1) is 12.3 Å². The van der Waals surface area contributed by atoms with E-state index in [2.05, 4.69) is 17.0 Å². The van der Waals surface area contributed by atoms with Crippen molar-refractivity contribution in [2.75, 3.05) is 17.9 Å². The molecule has 0 aliphatic carbocycles. The molecule has 0 spiro atoms. The van der Waals surface area contributed by atoms with Gasteiger partial charge in [0.05, 0.1) is 28.2 Å². The summed E-state index contributed by atoms with van der Waals surface area (Å²) in [5, 5.41) is 11.2. The second-order valence-electron chi connectivity index (χ2n) is 11.3. The Kier molecular flexibility index (Phi) is 13.3. The second kappa shape index (κ2) is 16.1. The number of hydrogen-bond donors (Lipinski definition) is 3. The number of aryl methyl sites for hydroxylation is 1. The van der Waals surface area contributed by atoms with Gasteiger partial charge in [0.15, 0.2) is 0 Å². The van der Waals surface area contributed by atoms with Gasteiger partial charge in [0.25, 0.3) is 15.9 Å². The van der Waals surface area contributed by atoms with Crippen LogP contribution in [0.15, 0.2) is 41.3 Å². The first-order chi connectivity index (χ1) is 19.7. The molecule has 0 saturated heterocycles. The molecule has 0 unspecified atom stereocenters. The van der Waals surface area contributed by atoms with Crippen molar-refractivity contribution in [1.29, 1.82) is 0 Å². The molecule has 10 nitrogen and oxygen atoms in total. The van der Waals surface area contributed by atoms with Crippen molar-refractivity contribution in [3.8, 4) is 11.5 Å². The number of ether oxygens (including phenoxy) is 2. The Hall–Kier alpha value is -3.60. The van der Waals surface area contributed by atoms with E-state index in [9.17, 15) is 22.8 Å². The number of benzene rings is 2. The first kappa shape index (κ1) is 34.6. The van der Waals surface area contributed by atoms with Crippen LogP contribution in [0.25, 0.3) is 0 Å². The number of carboxylic acid groups (broad SMARTS) is 1. The van der Waals surface area contributed by atoms with E-state index >= 15 is 0 Å². The van der Waals surface area contributed by atoms with Crippen molar-refractivity contribution in [3.05, 3.63) is 47.5 Å². The number of amides is 1. The molecule has 0 heterocycles. The average molecular weight is 605 g/mol. The Balaban J connectivity index is 2.16. The Labute approximate surface area is 249 Å². The summed E-state index contributed by atoms with van der Waals surface area (Å²) < 4.78 is 40.1. The fourth-order valence-electron chi connectivity index (χ4n) is 3.93. The van der Waals surface area contributed by atoms with Gasteiger partial charge in [-0.2, -0.15) is 0 Å². The molecule has 11 heteroatoms. The molecule has 0 aliphatic rings. The number of anilines is 1. The molecule has 0 saturated carbocycles. The van der Waals surface area contributed by atoms with Gasteiger partial charge < -0.3 is 19.9 Å². The summed E-state index contributed by atoms with van der Waals surface area (Å²) in [5.74, 6) is -1.87. The molecule has 0 atom stereocenters. The number of hydrogen-bond acceptors (Lipinski definition) is 7. The molecule has 0 aliphatic heterocycles. The van der Waals surface area contributed by atoms with Gasteiger partial charge in [-0.05, 0) is 76.1 Å². The number of esters is 1. The van der Waals surface area contributed by atoms with E-state index in [1.54, 1.807) is 33.8 Å². The van der Waals surface area contributed by atoms with E-state index < -0.39 is 39.8 Å². The summed E-state index contributed by atoms with van der Waals surface area (Å²) in [6, 6.07) is 8.40. The maximum Gasteiger partial charge on any atom is 0.322 e. The molecule has 1 amide bonds. The van der Waals surface area contributed by atoms with Crippen LogP contribution in [0.5, 0.6) is 11.5 Å². The summed E-state index contributed by atoms with van der Waals surface area (Å²) in [6.07, 6.45) is 9.13.